The van der Waals surface area contributed by atoms with E-state index < -0.39 is 10.8 Å². The number of anilines is 2. The standard InChI is InChI=1S/C20H20N4O2S/c1-13-7-6-10-16(11-13)24-17(21)12-18(25)23-20(24)27-14(2)19(26)22-15-8-4-3-5-9-15/h3-12,14H,21H2,1-2H3,(H,22,26). The highest BCUT2D eigenvalue weighted by molar-refractivity contribution is 8.00. The summed E-state index contributed by atoms with van der Waals surface area (Å²) in [4.78, 5) is 28.5. The van der Waals surface area contributed by atoms with Crippen molar-refractivity contribution in [3.8, 4) is 5.69 Å². The number of rotatable bonds is 5. The van der Waals surface area contributed by atoms with Crippen LogP contribution in [0, 0.1) is 6.92 Å². The van der Waals surface area contributed by atoms with Crippen LogP contribution >= 0.6 is 11.8 Å². The first-order chi connectivity index (χ1) is 12.9. The molecule has 3 rings (SSSR count). The van der Waals surface area contributed by atoms with E-state index in [1.54, 1.807) is 11.5 Å². The van der Waals surface area contributed by atoms with Crippen LogP contribution in [0.1, 0.15) is 12.5 Å². The van der Waals surface area contributed by atoms with Gasteiger partial charge in [-0.3, -0.25) is 14.2 Å². The molecular weight excluding hydrogens is 360 g/mol. The molecule has 1 heterocycles. The van der Waals surface area contributed by atoms with Gasteiger partial charge in [-0.1, -0.05) is 42.1 Å². The smallest absolute Gasteiger partial charge is 0.275 e. The lowest BCUT2D eigenvalue weighted by molar-refractivity contribution is -0.115. The van der Waals surface area contributed by atoms with E-state index in [1.165, 1.54) is 17.8 Å². The highest BCUT2D eigenvalue weighted by atomic mass is 32.2. The van der Waals surface area contributed by atoms with E-state index >= 15 is 0 Å². The van der Waals surface area contributed by atoms with E-state index in [1.807, 2.05) is 61.5 Å². The molecule has 0 aliphatic heterocycles. The highest BCUT2D eigenvalue weighted by Crippen LogP contribution is 2.27. The Hall–Kier alpha value is -3.06. The van der Waals surface area contributed by atoms with Gasteiger partial charge in [0.1, 0.15) is 5.82 Å². The normalized spacial score (nSPS) is 11.8. The van der Waals surface area contributed by atoms with Crippen LogP contribution in [0.3, 0.4) is 0 Å². The molecule has 27 heavy (non-hydrogen) atoms. The van der Waals surface area contributed by atoms with E-state index in [-0.39, 0.29) is 11.7 Å². The Kier molecular flexibility index (Phi) is 5.61. The molecule has 0 bridgehead atoms. The van der Waals surface area contributed by atoms with E-state index in [4.69, 9.17) is 5.73 Å². The Morgan fingerprint density at radius 1 is 1.15 bits per heavy atom. The van der Waals surface area contributed by atoms with Crippen LogP contribution in [0.15, 0.2) is 70.6 Å². The summed E-state index contributed by atoms with van der Waals surface area (Å²) in [5.74, 6) is 0.0948. The third-order valence-electron chi connectivity index (χ3n) is 3.88. The minimum Gasteiger partial charge on any atom is -0.385 e. The molecule has 0 fully saturated rings. The van der Waals surface area contributed by atoms with Crippen molar-refractivity contribution in [2.24, 2.45) is 0 Å². The maximum absolute atomic E-state index is 12.5. The van der Waals surface area contributed by atoms with Crippen LogP contribution in [-0.2, 0) is 4.79 Å². The van der Waals surface area contributed by atoms with Crippen molar-refractivity contribution in [1.82, 2.24) is 9.55 Å². The Bertz CT molecular complexity index is 1020. The third-order valence-corrected chi connectivity index (χ3v) is 4.93. The molecule has 138 valence electrons. The van der Waals surface area contributed by atoms with Gasteiger partial charge in [0.2, 0.25) is 5.91 Å². The summed E-state index contributed by atoms with van der Waals surface area (Å²) in [6.07, 6.45) is 0. The lowest BCUT2D eigenvalue weighted by Gasteiger charge is -2.17. The Morgan fingerprint density at radius 3 is 2.59 bits per heavy atom. The zero-order chi connectivity index (χ0) is 19.4. The molecular formula is C20H20N4O2S. The predicted octanol–water partition coefficient (Wildman–Crippen LogP) is 3.24. The van der Waals surface area contributed by atoms with Crippen molar-refractivity contribution in [3.63, 3.8) is 0 Å². The van der Waals surface area contributed by atoms with Gasteiger partial charge in [-0.2, -0.15) is 4.98 Å². The Morgan fingerprint density at radius 2 is 1.89 bits per heavy atom. The molecule has 0 spiro atoms. The number of benzene rings is 2. The molecule has 0 saturated heterocycles. The van der Waals surface area contributed by atoms with E-state index in [9.17, 15) is 9.59 Å². The molecule has 0 aliphatic carbocycles. The van der Waals surface area contributed by atoms with Crippen molar-refractivity contribution in [3.05, 3.63) is 76.6 Å². The van der Waals surface area contributed by atoms with Crippen molar-refractivity contribution < 1.29 is 4.79 Å². The van der Waals surface area contributed by atoms with Gasteiger partial charge in [-0.15, -0.1) is 0 Å². The van der Waals surface area contributed by atoms with Gasteiger partial charge >= 0.3 is 0 Å². The van der Waals surface area contributed by atoms with Gasteiger partial charge in [0.25, 0.3) is 5.56 Å². The number of nitrogens with zero attached hydrogens (tertiary/aromatic N) is 2. The molecule has 1 aromatic heterocycles. The summed E-state index contributed by atoms with van der Waals surface area (Å²) >= 11 is 1.19. The molecule has 6 nitrogen and oxygen atoms in total. The molecule has 2 aromatic carbocycles. The molecule has 1 unspecified atom stereocenters. The van der Waals surface area contributed by atoms with Crippen LogP contribution in [0.25, 0.3) is 5.69 Å². The van der Waals surface area contributed by atoms with Crippen LogP contribution in [0.2, 0.25) is 0 Å². The topological polar surface area (TPSA) is 90.0 Å². The van der Waals surface area contributed by atoms with Crippen LogP contribution < -0.4 is 16.6 Å². The summed E-state index contributed by atoms with van der Waals surface area (Å²) in [5, 5.41) is 2.75. The zero-order valence-corrected chi connectivity index (χ0v) is 15.9. The number of thioether (sulfide) groups is 1. The van der Waals surface area contributed by atoms with Crippen molar-refractivity contribution in [2.45, 2.75) is 24.3 Å². The second kappa shape index (κ2) is 8.09. The van der Waals surface area contributed by atoms with Crippen LogP contribution in [-0.4, -0.2) is 20.7 Å². The number of hydrogen-bond acceptors (Lipinski definition) is 5. The first-order valence-corrected chi connectivity index (χ1v) is 9.31. The van der Waals surface area contributed by atoms with Gasteiger partial charge in [0.15, 0.2) is 5.16 Å². The third kappa shape index (κ3) is 4.57. The van der Waals surface area contributed by atoms with Crippen molar-refractivity contribution >= 4 is 29.2 Å². The zero-order valence-electron chi connectivity index (χ0n) is 15.0. The minimum absolute atomic E-state index is 0.182. The summed E-state index contributed by atoms with van der Waals surface area (Å²) in [6, 6.07) is 18.2. The summed E-state index contributed by atoms with van der Waals surface area (Å²) in [5.41, 5.74) is 8.21. The second-order valence-electron chi connectivity index (χ2n) is 6.09. The molecule has 1 atom stereocenters. The highest BCUT2D eigenvalue weighted by Gasteiger charge is 2.19. The summed E-state index contributed by atoms with van der Waals surface area (Å²) < 4.78 is 1.69. The number of aryl methyl sites for hydroxylation is 1. The fourth-order valence-corrected chi connectivity index (χ4v) is 3.50. The number of para-hydroxylation sites is 1. The first kappa shape index (κ1) is 18.7. The monoisotopic (exact) mass is 380 g/mol. The molecule has 3 aromatic rings. The Balaban J connectivity index is 1.90. The van der Waals surface area contributed by atoms with Crippen LogP contribution in [0.4, 0.5) is 11.5 Å². The van der Waals surface area contributed by atoms with Gasteiger partial charge in [0, 0.05) is 17.4 Å². The summed E-state index contributed by atoms with van der Waals surface area (Å²) in [6.45, 7) is 3.73. The first-order valence-electron chi connectivity index (χ1n) is 8.43. The Labute approximate surface area is 161 Å². The molecule has 3 N–H and O–H groups in total. The van der Waals surface area contributed by atoms with E-state index in [0.717, 1.165) is 11.3 Å². The molecule has 0 saturated carbocycles. The molecule has 0 aliphatic rings. The average molecular weight is 380 g/mol. The van der Waals surface area contributed by atoms with Gasteiger partial charge in [-0.05, 0) is 43.7 Å². The quantitative estimate of drug-likeness (QED) is 0.524. The fourth-order valence-electron chi connectivity index (χ4n) is 2.56. The lowest BCUT2D eigenvalue weighted by Crippen LogP contribution is -2.24. The van der Waals surface area contributed by atoms with E-state index in [2.05, 4.69) is 10.3 Å². The molecule has 0 radical (unpaired) electrons. The number of carbonyl (C=O) groups is 1. The number of nitrogen functional groups attached to an aromatic ring is 1. The lowest BCUT2D eigenvalue weighted by atomic mass is 10.2. The molecule has 7 heteroatoms. The van der Waals surface area contributed by atoms with Crippen LogP contribution in [0.5, 0.6) is 0 Å². The number of carbonyl (C=O) groups excluding carboxylic acids is 1. The number of aromatic nitrogens is 2. The largest absolute Gasteiger partial charge is 0.385 e. The molecule has 1 amide bonds. The van der Waals surface area contributed by atoms with E-state index in [0.29, 0.717) is 10.8 Å². The van der Waals surface area contributed by atoms with Gasteiger partial charge in [-0.25, -0.2) is 0 Å². The maximum atomic E-state index is 12.5. The number of nitrogens with two attached hydrogens (primary N) is 1. The minimum atomic E-state index is -0.477. The number of hydrogen-bond donors (Lipinski definition) is 2. The number of nitrogens with one attached hydrogen (secondary N) is 1. The fraction of sp³-hybridized carbons (Fsp3) is 0.150. The van der Waals surface area contributed by atoms with Gasteiger partial charge < -0.3 is 11.1 Å². The SMILES string of the molecule is Cc1cccc(-n2c(N)cc(=O)nc2SC(C)C(=O)Nc2ccccc2)c1. The van der Waals surface area contributed by atoms with Gasteiger partial charge in [0.05, 0.1) is 5.25 Å². The van der Waals surface area contributed by atoms with Crippen molar-refractivity contribution in [2.75, 3.05) is 11.1 Å². The summed E-state index contributed by atoms with van der Waals surface area (Å²) in [7, 11) is 0. The average Bonchev–Trinajstić information content (AvgIpc) is 2.62. The number of amides is 1. The predicted molar refractivity (Wildman–Crippen MR) is 109 cm³/mol. The second-order valence-corrected chi connectivity index (χ2v) is 7.40. The maximum Gasteiger partial charge on any atom is 0.275 e. The van der Waals surface area contributed by atoms with Crippen molar-refractivity contribution in [1.29, 1.82) is 0 Å².